The monoisotopic (exact) mass is 220 g/mol. The zero-order valence-corrected chi connectivity index (χ0v) is 10.6. The molecule has 4 bridgehead atoms. The summed E-state index contributed by atoms with van der Waals surface area (Å²) in [6, 6.07) is 0. The molecule has 4 aliphatic rings. The van der Waals surface area contributed by atoms with Crippen LogP contribution in [0.4, 0.5) is 0 Å². The minimum Gasteiger partial charge on any atom is -0.389 e. The van der Waals surface area contributed by atoms with Gasteiger partial charge in [-0.3, -0.25) is 0 Å². The quantitative estimate of drug-likeness (QED) is 0.703. The molecule has 16 heavy (non-hydrogen) atoms. The van der Waals surface area contributed by atoms with E-state index in [1.54, 1.807) is 12.8 Å². The second-order valence-electron chi connectivity index (χ2n) is 6.40. The fourth-order valence-electron chi connectivity index (χ4n) is 4.79. The average molecular weight is 220 g/mol. The predicted molar refractivity (Wildman–Crippen MR) is 66.0 cm³/mol. The van der Waals surface area contributed by atoms with Crippen LogP contribution in [0.15, 0.2) is 11.6 Å². The van der Waals surface area contributed by atoms with Crippen LogP contribution in [0.5, 0.6) is 0 Å². The molecule has 90 valence electrons. The number of hydrogen-bond acceptors (Lipinski definition) is 1. The van der Waals surface area contributed by atoms with Gasteiger partial charge in [0, 0.05) is 0 Å². The Hall–Kier alpha value is -0.300. The second-order valence-corrected chi connectivity index (χ2v) is 6.40. The van der Waals surface area contributed by atoms with Crippen molar-refractivity contribution in [3.63, 3.8) is 0 Å². The predicted octanol–water partition coefficient (Wildman–Crippen LogP) is 3.53. The maximum atomic E-state index is 9.68. The Balaban J connectivity index is 1.52. The maximum absolute atomic E-state index is 9.68. The Kier molecular flexibility index (Phi) is 2.43. The largest absolute Gasteiger partial charge is 0.389 e. The molecule has 1 nitrogen and oxygen atoms in total. The minimum atomic E-state index is -0.204. The molecule has 0 saturated heterocycles. The lowest BCUT2D eigenvalue weighted by Crippen LogP contribution is -2.06. The van der Waals surface area contributed by atoms with E-state index in [0.717, 1.165) is 29.6 Å². The molecule has 4 rings (SSSR count). The first-order chi connectivity index (χ1) is 7.67. The summed E-state index contributed by atoms with van der Waals surface area (Å²) in [5, 5.41) is 9.68. The van der Waals surface area contributed by atoms with Crippen LogP contribution >= 0.6 is 0 Å². The number of hydrogen-bond donors (Lipinski definition) is 1. The van der Waals surface area contributed by atoms with E-state index in [1.165, 1.54) is 24.8 Å². The van der Waals surface area contributed by atoms with Crippen molar-refractivity contribution in [3.05, 3.63) is 11.6 Å². The van der Waals surface area contributed by atoms with E-state index in [4.69, 9.17) is 0 Å². The standard InChI is InChI=1S/C15H24O/c1-3-14(16)10(2)5-4-6-15-9-11-7-12(15)13(15)8-11/h5,11-14,16H,3-4,6-9H2,1-2H3/b10-5+. The van der Waals surface area contributed by atoms with Crippen molar-refractivity contribution < 1.29 is 5.11 Å². The number of allylic oxidation sites excluding steroid dienone is 1. The minimum absolute atomic E-state index is 0.204. The number of aliphatic hydroxyl groups excluding tert-OH is 1. The van der Waals surface area contributed by atoms with E-state index >= 15 is 0 Å². The molecule has 0 aromatic carbocycles. The Bertz CT molecular complexity index is 305. The van der Waals surface area contributed by atoms with Crippen LogP contribution in [-0.4, -0.2) is 11.2 Å². The van der Waals surface area contributed by atoms with Gasteiger partial charge in [-0.15, -0.1) is 0 Å². The molecule has 3 unspecified atom stereocenters. The Morgan fingerprint density at radius 1 is 1.44 bits per heavy atom. The summed E-state index contributed by atoms with van der Waals surface area (Å²) in [5.74, 6) is 3.32. The SMILES string of the molecule is CCC(O)/C(C)=C/CCC12CC3CC1C2C3. The van der Waals surface area contributed by atoms with Crippen molar-refractivity contribution in [2.45, 2.75) is 58.5 Å². The van der Waals surface area contributed by atoms with Crippen LogP contribution in [0.2, 0.25) is 0 Å². The van der Waals surface area contributed by atoms with Crippen LogP contribution in [0.25, 0.3) is 0 Å². The first-order valence-electron chi connectivity index (χ1n) is 7.02. The third-order valence-corrected chi connectivity index (χ3v) is 5.69. The van der Waals surface area contributed by atoms with Crippen molar-refractivity contribution in [1.29, 1.82) is 0 Å². The number of rotatable bonds is 5. The van der Waals surface area contributed by atoms with E-state index in [-0.39, 0.29) is 6.10 Å². The van der Waals surface area contributed by atoms with Gasteiger partial charge in [-0.05, 0) is 74.2 Å². The molecule has 4 aliphatic carbocycles. The third kappa shape index (κ3) is 1.40. The molecule has 0 amide bonds. The summed E-state index contributed by atoms with van der Waals surface area (Å²) < 4.78 is 0. The molecule has 3 atom stereocenters. The molecule has 0 radical (unpaired) electrons. The highest BCUT2D eigenvalue weighted by Crippen LogP contribution is 2.80. The molecular formula is C15H24O. The van der Waals surface area contributed by atoms with Crippen LogP contribution in [0.1, 0.15) is 52.4 Å². The summed E-state index contributed by atoms with van der Waals surface area (Å²) in [5.41, 5.74) is 1.97. The van der Waals surface area contributed by atoms with Crippen molar-refractivity contribution in [3.8, 4) is 0 Å². The molecule has 0 heterocycles. The van der Waals surface area contributed by atoms with Crippen molar-refractivity contribution in [1.82, 2.24) is 0 Å². The highest BCUT2D eigenvalue weighted by Gasteiger charge is 2.73. The zero-order chi connectivity index (χ0) is 11.3. The van der Waals surface area contributed by atoms with E-state index in [9.17, 15) is 5.11 Å². The van der Waals surface area contributed by atoms with Gasteiger partial charge in [0.15, 0.2) is 0 Å². The van der Waals surface area contributed by atoms with Gasteiger partial charge >= 0.3 is 0 Å². The average Bonchev–Trinajstić information content (AvgIpc) is 2.77. The van der Waals surface area contributed by atoms with Gasteiger partial charge in [0.05, 0.1) is 6.10 Å². The van der Waals surface area contributed by atoms with Crippen LogP contribution in [0.3, 0.4) is 0 Å². The highest BCUT2D eigenvalue weighted by atomic mass is 16.3. The fourth-order valence-corrected chi connectivity index (χ4v) is 4.79. The molecule has 0 aliphatic heterocycles. The zero-order valence-electron chi connectivity index (χ0n) is 10.6. The van der Waals surface area contributed by atoms with Crippen LogP contribution < -0.4 is 0 Å². The second kappa shape index (κ2) is 3.60. The molecule has 0 aromatic rings. The third-order valence-electron chi connectivity index (χ3n) is 5.69. The Labute approximate surface area is 98.9 Å². The molecule has 0 aromatic heterocycles. The smallest absolute Gasteiger partial charge is 0.0744 e. The summed E-state index contributed by atoms with van der Waals surface area (Å²) in [7, 11) is 0. The van der Waals surface area contributed by atoms with Gasteiger partial charge in [-0.25, -0.2) is 0 Å². The molecule has 1 heteroatoms. The Morgan fingerprint density at radius 2 is 2.12 bits per heavy atom. The van der Waals surface area contributed by atoms with E-state index in [2.05, 4.69) is 13.0 Å². The van der Waals surface area contributed by atoms with Crippen LogP contribution in [0, 0.1) is 23.2 Å². The first kappa shape index (κ1) is 10.8. The summed E-state index contributed by atoms with van der Waals surface area (Å²) in [4.78, 5) is 0. The molecule has 0 spiro atoms. The molecule has 1 N–H and O–H groups in total. The lowest BCUT2D eigenvalue weighted by molar-refractivity contribution is 0.206. The highest BCUT2D eigenvalue weighted by molar-refractivity contribution is 5.22. The van der Waals surface area contributed by atoms with Crippen molar-refractivity contribution in [2.24, 2.45) is 23.2 Å². The van der Waals surface area contributed by atoms with Gasteiger partial charge < -0.3 is 5.11 Å². The fraction of sp³-hybridized carbons (Fsp3) is 0.867. The van der Waals surface area contributed by atoms with E-state index in [0.29, 0.717) is 0 Å². The lowest BCUT2D eigenvalue weighted by Gasteiger charge is -2.11. The Morgan fingerprint density at radius 3 is 2.62 bits per heavy atom. The van der Waals surface area contributed by atoms with E-state index < -0.39 is 0 Å². The maximum Gasteiger partial charge on any atom is 0.0744 e. The lowest BCUT2D eigenvalue weighted by atomic mass is 9.96. The molecule has 4 fully saturated rings. The van der Waals surface area contributed by atoms with Gasteiger partial charge in [-0.1, -0.05) is 13.0 Å². The van der Waals surface area contributed by atoms with E-state index in [1.807, 2.05) is 6.92 Å². The summed E-state index contributed by atoms with van der Waals surface area (Å²) in [6.07, 6.45) is 10.1. The van der Waals surface area contributed by atoms with Crippen LogP contribution in [-0.2, 0) is 0 Å². The molecular weight excluding hydrogens is 196 g/mol. The van der Waals surface area contributed by atoms with Gasteiger partial charge in [0.2, 0.25) is 0 Å². The summed E-state index contributed by atoms with van der Waals surface area (Å²) >= 11 is 0. The topological polar surface area (TPSA) is 20.2 Å². The van der Waals surface area contributed by atoms with Crippen molar-refractivity contribution >= 4 is 0 Å². The molecule has 4 saturated carbocycles. The van der Waals surface area contributed by atoms with Gasteiger partial charge in [-0.2, -0.15) is 0 Å². The number of aliphatic hydroxyl groups is 1. The summed E-state index contributed by atoms with van der Waals surface area (Å²) in [6.45, 7) is 4.12. The first-order valence-corrected chi connectivity index (χ1v) is 7.02. The van der Waals surface area contributed by atoms with Gasteiger partial charge in [0.1, 0.15) is 0 Å². The van der Waals surface area contributed by atoms with Crippen molar-refractivity contribution in [2.75, 3.05) is 0 Å². The normalized spacial score (nSPS) is 46.2. The van der Waals surface area contributed by atoms with Gasteiger partial charge in [0.25, 0.3) is 0 Å².